The van der Waals surface area contributed by atoms with Gasteiger partial charge in [-0.15, -0.1) is 0 Å². The maximum atomic E-state index is 11.3. The largest absolute Gasteiger partial charge is 0.507 e. The summed E-state index contributed by atoms with van der Waals surface area (Å²) in [4.78, 5) is 10.3. The van der Waals surface area contributed by atoms with Crippen molar-refractivity contribution in [2.75, 3.05) is 0 Å². The van der Waals surface area contributed by atoms with Gasteiger partial charge in [-0.25, -0.2) is 4.98 Å². The van der Waals surface area contributed by atoms with Gasteiger partial charge in [-0.3, -0.25) is 9.55 Å². The highest BCUT2D eigenvalue weighted by Crippen LogP contribution is 2.42. The van der Waals surface area contributed by atoms with Crippen molar-refractivity contribution in [3.63, 3.8) is 0 Å². The van der Waals surface area contributed by atoms with Gasteiger partial charge < -0.3 is 5.11 Å². The molecule has 0 unspecified atom stereocenters. The Hall–Kier alpha value is -6.26. The number of aryl methyl sites for hydroxylation is 1. The van der Waals surface area contributed by atoms with Crippen molar-refractivity contribution in [3.05, 3.63) is 168 Å². The van der Waals surface area contributed by atoms with Gasteiger partial charge in [0.05, 0.1) is 28.0 Å². The average molecular weight is 718 g/mol. The number of hydrogen-bond donors (Lipinski definition) is 1. The predicted octanol–water partition coefficient (Wildman–Crippen LogP) is 13.3. The van der Waals surface area contributed by atoms with Crippen LogP contribution in [0, 0.1) is 12.8 Å². The van der Waals surface area contributed by atoms with Crippen LogP contribution in [-0.2, 0) is 11.8 Å². The summed E-state index contributed by atoms with van der Waals surface area (Å²) < 4.78 is 2.23. The molecule has 8 rings (SSSR count). The van der Waals surface area contributed by atoms with Gasteiger partial charge in [0.2, 0.25) is 0 Å². The molecule has 0 aliphatic heterocycles. The molecule has 4 heteroatoms. The number of rotatable bonds is 8. The Bertz CT molecular complexity index is 2640. The molecule has 0 aliphatic rings. The van der Waals surface area contributed by atoms with Crippen molar-refractivity contribution in [1.29, 1.82) is 0 Å². The van der Waals surface area contributed by atoms with Crippen LogP contribution in [0.3, 0.4) is 0 Å². The summed E-state index contributed by atoms with van der Waals surface area (Å²) in [5.41, 5.74) is 15.8. The molecule has 0 amide bonds. The lowest BCUT2D eigenvalue weighted by Crippen LogP contribution is -2.11. The van der Waals surface area contributed by atoms with E-state index in [1.807, 2.05) is 24.4 Å². The summed E-state index contributed by atoms with van der Waals surface area (Å²) in [6.45, 7) is 13.4. The number of nitrogens with zero attached hydrogens (tertiary/aromatic N) is 3. The smallest absolute Gasteiger partial charge is 0.149 e. The number of imidazole rings is 1. The minimum absolute atomic E-state index is 0.115. The summed E-state index contributed by atoms with van der Waals surface area (Å²) in [7, 11) is 0. The fourth-order valence-corrected chi connectivity index (χ4v) is 7.52. The molecule has 0 aliphatic carbocycles. The number of para-hydroxylation sites is 2. The summed E-state index contributed by atoms with van der Waals surface area (Å²) in [5.74, 6) is 1.40. The van der Waals surface area contributed by atoms with E-state index in [1.54, 1.807) is 6.07 Å². The predicted molar refractivity (Wildman–Crippen MR) is 230 cm³/mol. The van der Waals surface area contributed by atoms with Crippen LogP contribution in [0.2, 0.25) is 0 Å². The summed E-state index contributed by atoms with van der Waals surface area (Å²) in [6.07, 6.45) is 2.89. The number of phenolic OH excluding ortho intramolecular Hbond substituents is 1. The minimum atomic E-state index is -0.115. The third-order valence-corrected chi connectivity index (χ3v) is 10.4. The van der Waals surface area contributed by atoms with Crippen molar-refractivity contribution in [3.8, 4) is 67.5 Å². The lowest BCUT2D eigenvalue weighted by molar-refractivity contribution is 0.477. The molecule has 0 fully saturated rings. The molecule has 0 atom stereocenters. The standard InChI is InChI=1S/C51H47N3O/c1-33(2)27-35-21-24-46(44(28-35)37-13-8-7-9-14-37)54-47-17-12-16-42(49(47)53-50(54)43-15-10-11-18-48(43)55)39-29-40(31-41(30-39)51(4,5)6)45-32-38(25-26-52-45)36-22-19-34(3)20-23-36/h7-26,28-33,55H,27H2,1-6H3. The van der Waals surface area contributed by atoms with E-state index in [1.165, 1.54) is 22.3 Å². The van der Waals surface area contributed by atoms with Gasteiger partial charge in [0.15, 0.2) is 0 Å². The second-order valence-electron chi connectivity index (χ2n) is 16.1. The number of benzene rings is 6. The Kier molecular flexibility index (Phi) is 9.44. The van der Waals surface area contributed by atoms with Crippen LogP contribution in [0.25, 0.3) is 72.7 Å². The number of phenols is 1. The molecule has 1 N–H and O–H groups in total. The van der Waals surface area contributed by atoms with Crippen molar-refractivity contribution in [2.45, 2.75) is 53.4 Å². The maximum absolute atomic E-state index is 11.3. The van der Waals surface area contributed by atoms with Gasteiger partial charge in [-0.1, -0.05) is 131 Å². The highest BCUT2D eigenvalue weighted by molar-refractivity contribution is 5.97. The molecule has 55 heavy (non-hydrogen) atoms. The topological polar surface area (TPSA) is 50.9 Å². The van der Waals surface area contributed by atoms with Crippen LogP contribution in [-0.4, -0.2) is 19.6 Å². The second kappa shape index (κ2) is 14.5. The number of fused-ring (bicyclic) bond motifs is 1. The summed E-state index contributed by atoms with van der Waals surface area (Å²) >= 11 is 0. The maximum Gasteiger partial charge on any atom is 0.149 e. The minimum Gasteiger partial charge on any atom is -0.507 e. The van der Waals surface area contributed by atoms with Gasteiger partial charge >= 0.3 is 0 Å². The van der Waals surface area contributed by atoms with Gasteiger partial charge in [-0.2, -0.15) is 0 Å². The van der Waals surface area contributed by atoms with Gasteiger partial charge in [0.1, 0.15) is 11.6 Å². The molecule has 2 heterocycles. The van der Waals surface area contributed by atoms with Crippen LogP contribution in [0.4, 0.5) is 0 Å². The molecule has 0 radical (unpaired) electrons. The Labute approximate surface area is 324 Å². The summed E-state index contributed by atoms with van der Waals surface area (Å²) in [5, 5.41) is 11.3. The van der Waals surface area contributed by atoms with E-state index in [4.69, 9.17) is 9.97 Å². The molecule has 4 nitrogen and oxygen atoms in total. The van der Waals surface area contributed by atoms with Gasteiger partial charge in [0, 0.05) is 22.9 Å². The molecular weight excluding hydrogens is 671 g/mol. The van der Waals surface area contributed by atoms with Crippen molar-refractivity contribution >= 4 is 11.0 Å². The Morgan fingerprint density at radius 1 is 0.618 bits per heavy atom. The van der Waals surface area contributed by atoms with Crippen LogP contribution >= 0.6 is 0 Å². The van der Waals surface area contributed by atoms with Crippen molar-refractivity contribution in [1.82, 2.24) is 14.5 Å². The summed E-state index contributed by atoms with van der Waals surface area (Å²) in [6, 6.07) is 51.1. The van der Waals surface area contributed by atoms with E-state index in [0.29, 0.717) is 17.3 Å². The zero-order valence-electron chi connectivity index (χ0n) is 32.5. The lowest BCUT2D eigenvalue weighted by atomic mass is 9.83. The molecule has 272 valence electrons. The molecule has 2 aromatic heterocycles. The average Bonchev–Trinajstić information content (AvgIpc) is 3.57. The molecule has 8 aromatic rings. The number of aromatic hydroxyl groups is 1. The van der Waals surface area contributed by atoms with E-state index in [-0.39, 0.29) is 11.2 Å². The van der Waals surface area contributed by atoms with Crippen LogP contribution in [0.15, 0.2) is 152 Å². The van der Waals surface area contributed by atoms with Crippen molar-refractivity contribution < 1.29 is 5.11 Å². The van der Waals surface area contributed by atoms with Crippen LogP contribution < -0.4 is 0 Å². The van der Waals surface area contributed by atoms with Crippen LogP contribution in [0.5, 0.6) is 5.75 Å². The second-order valence-corrected chi connectivity index (χ2v) is 16.1. The fraction of sp³-hybridized carbons (Fsp3) is 0.176. The third kappa shape index (κ3) is 7.20. The SMILES string of the molecule is Cc1ccc(-c2ccnc(-c3cc(-c4cccc5c4nc(-c4ccccc4O)n5-c4ccc(CC(C)C)cc4-c4ccccc4)cc(C(C)(C)C)c3)c2)cc1. The normalized spacial score (nSPS) is 11.8. The van der Waals surface area contributed by atoms with Gasteiger partial charge in [-0.05, 0) is 113 Å². The molecule has 0 saturated heterocycles. The zero-order valence-corrected chi connectivity index (χ0v) is 32.5. The Balaban J connectivity index is 1.37. The molecule has 0 spiro atoms. The Morgan fingerprint density at radius 3 is 2.09 bits per heavy atom. The first-order valence-corrected chi connectivity index (χ1v) is 19.2. The van der Waals surface area contributed by atoms with Gasteiger partial charge in [0.25, 0.3) is 0 Å². The third-order valence-electron chi connectivity index (χ3n) is 10.4. The van der Waals surface area contributed by atoms with E-state index >= 15 is 0 Å². The Morgan fingerprint density at radius 2 is 1.35 bits per heavy atom. The highest BCUT2D eigenvalue weighted by Gasteiger charge is 2.24. The van der Waals surface area contributed by atoms with E-state index < -0.39 is 0 Å². The number of hydrogen-bond acceptors (Lipinski definition) is 3. The van der Waals surface area contributed by atoms with E-state index in [9.17, 15) is 5.11 Å². The lowest BCUT2D eigenvalue weighted by Gasteiger charge is -2.22. The zero-order chi connectivity index (χ0) is 38.3. The fourth-order valence-electron chi connectivity index (χ4n) is 7.52. The van der Waals surface area contributed by atoms with Crippen LogP contribution in [0.1, 0.15) is 51.3 Å². The molecule has 6 aromatic carbocycles. The van der Waals surface area contributed by atoms with E-state index in [2.05, 4.69) is 167 Å². The number of pyridine rings is 1. The van der Waals surface area contributed by atoms with E-state index in [0.717, 1.165) is 62.2 Å². The highest BCUT2D eigenvalue weighted by atomic mass is 16.3. The molecule has 0 saturated carbocycles. The quantitative estimate of drug-likeness (QED) is 0.170. The monoisotopic (exact) mass is 717 g/mol. The number of aromatic nitrogens is 3. The van der Waals surface area contributed by atoms with Crippen molar-refractivity contribution in [2.24, 2.45) is 5.92 Å². The first-order chi connectivity index (χ1) is 26.5. The molecular formula is C51H47N3O. The molecule has 0 bridgehead atoms. The first kappa shape index (κ1) is 35.8. The first-order valence-electron chi connectivity index (χ1n) is 19.2.